The molecule has 0 aliphatic rings. The van der Waals surface area contributed by atoms with E-state index in [0.717, 1.165) is 0 Å². The molecule has 4 nitrogen and oxygen atoms in total. The summed E-state index contributed by atoms with van der Waals surface area (Å²) < 4.78 is 5.00. The van der Waals surface area contributed by atoms with Crippen molar-refractivity contribution in [3.63, 3.8) is 0 Å². The SMILES string of the molecule is COc1c(Cl)cc(Cl)cc1C(=O)NC(N)=S. The number of hydrogen-bond acceptors (Lipinski definition) is 3. The number of carbonyl (C=O) groups excluding carboxylic acids is 1. The van der Waals surface area contributed by atoms with Crippen molar-refractivity contribution >= 4 is 46.4 Å². The molecule has 0 saturated heterocycles. The van der Waals surface area contributed by atoms with Gasteiger partial charge in [-0.2, -0.15) is 0 Å². The van der Waals surface area contributed by atoms with Crippen LogP contribution in [0.1, 0.15) is 10.4 Å². The van der Waals surface area contributed by atoms with Gasteiger partial charge in [-0.05, 0) is 24.4 Å². The van der Waals surface area contributed by atoms with Gasteiger partial charge in [0.1, 0.15) is 5.75 Å². The maximum absolute atomic E-state index is 11.7. The molecule has 7 heteroatoms. The Labute approximate surface area is 108 Å². The molecule has 1 amide bonds. The van der Waals surface area contributed by atoms with Crippen molar-refractivity contribution in [2.45, 2.75) is 0 Å². The van der Waals surface area contributed by atoms with Gasteiger partial charge in [0.2, 0.25) is 0 Å². The Bertz CT molecular complexity index is 451. The molecule has 0 radical (unpaired) electrons. The Morgan fingerprint density at radius 2 is 2.12 bits per heavy atom. The predicted octanol–water partition coefficient (Wildman–Crippen LogP) is 1.98. The summed E-state index contributed by atoms with van der Waals surface area (Å²) in [6.45, 7) is 0. The first-order valence-electron chi connectivity index (χ1n) is 4.09. The van der Waals surface area contributed by atoms with Gasteiger partial charge >= 0.3 is 0 Å². The van der Waals surface area contributed by atoms with E-state index in [1.54, 1.807) is 0 Å². The highest BCUT2D eigenvalue weighted by Crippen LogP contribution is 2.31. The van der Waals surface area contributed by atoms with Gasteiger partial charge in [0, 0.05) is 5.02 Å². The molecule has 0 heterocycles. The number of thiocarbonyl (C=S) groups is 1. The van der Waals surface area contributed by atoms with E-state index >= 15 is 0 Å². The molecule has 0 fully saturated rings. The van der Waals surface area contributed by atoms with Crippen molar-refractivity contribution in [3.8, 4) is 5.75 Å². The Morgan fingerprint density at radius 3 is 2.62 bits per heavy atom. The minimum absolute atomic E-state index is 0.136. The lowest BCUT2D eigenvalue weighted by molar-refractivity contribution is 0.0974. The Kier molecular flexibility index (Phi) is 4.35. The molecule has 3 N–H and O–H groups in total. The van der Waals surface area contributed by atoms with Crippen LogP contribution in [0.2, 0.25) is 10.0 Å². The van der Waals surface area contributed by atoms with Crippen molar-refractivity contribution in [3.05, 3.63) is 27.7 Å². The maximum atomic E-state index is 11.7. The minimum Gasteiger partial charge on any atom is -0.494 e. The summed E-state index contributed by atoms with van der Waals surface area (Å²) in [5, 5.41) is 2.68. The van der Waals surface area contributed by atoms with Gasteiger partial charge in [-0.15, -0.1) is 0 Å². The average molecular weight is 279 g/mol. The molecule has 0 aliphatic carbocycles. The van der Waals surface area contributed by atoms with E-state index in [2.05, 4.69) is 17.5 Å². The van der Waals surface area contributed by atoms with Crippen LogP contribution < -0.4 is 15.8 Å². The number of carbonyl (C=O) groups is 1. The Morgan fingerprint density at radius 1 is 1.50 bits per heavy atom. The summed E-state index contributed by atoms with van der Waals surface area (Å²) in [6, 6.07) is 2.89. The van der Waals surface area contributed by atoms with E-state index in [9.17, 15) is 4.79 Å². The molecule has 0 spiro atoms. The number of hydrogen-bond donors (Lipinski definition) is 2. The maximum Gasteiger partial charge on any atom is 0.261 e. The summed E-state index contributed by atoms with van der Waals surface area (Å²) in [7, 11) is 1.40. The quantitative estimate of drug-likeness (QED) is 0.812. The molecule has 0 unspecified atom stereocenters. The number of nitrogens with two attached hydrogens (primary N) is 1. The van der Waals surface area contributed by atoms with Crippen LogP contribution in [-0.2, 0) is 0 Å². The van der Waals surface area contributed by atoms with Gasteiger partial charge in [0.15, 0.2) is 5.11 Å². The molecule has 1 aromatic carbocycles. The predicted molar refractivity (Wildman–Crippen MR) is 67.3 cm³/mol. The van der Waals surface area contributed by atoms with Crippen LogP contribution >= 0.6 is 35.4 Å². The Balaban J connectivity index is 3.20. The van der Waals surface area contributed by atoms with Gasteiger partial charge in [-0.1, -0.05) is 23.2 Å². The third-order valence-corrected chi connectivity index (χ3v) is 2.29. The van der Waals surface area contributed by atoms with Crippen LogP contribution in [0.15, 0.2) is 12.1 Å². The third-order valence-electron chi connectivity index (χ3n) is 1.69. The highest BCUT2D eigenvalue weighted by atomic mass is 35.5. The zero-order chi connectivity index (χ0) is 12.3. The lowest BCUT2D eigenvalue weighted by Gasteiger charge is -2.10. The van der Waals surface area contributed by atoms with Gasteiger partial charge in [0.05, 0.1) is 17.7 Å². The largest absolute Gasteiger partial charge is 0.494 e. The lowest BCUT2D eigenvalue weighted by Crippen LogP contribution is -2.34. The smallest absolute Gasteiger partial charge is 0.261 e. The minimum atomic E-state index is -0.520. The summed E-state index contributed by atoms with van der Waals surface area (Å²) >= 11 is 16.2. The average Bonchev–Trinajstić information content (AvgIpc) is 2.15. The first-order chi connectivity index (χ1) is 7.45. The fourth-order valence-corrected chi connectivity index (χ4v) is 1.78. The normalized spacial score (nSPS) is 9.69. The monoisotopic (exact) mass is 278 g/mol. The summed E-state index contributed by atoms with van der Waals surface area (Å²) in [4.78, 5) is 11.7. The van der Waals surface area contributed by atoms with Gasteiger partial charge in [-0.3, -0.25) is 10.1 Å². The molecule has 0 atom stereocenters. The van der Waals surface area contributed by atoms with E-state index in [1.807, 2.05) is 0 Å². The number of ether oxygens (including phenoxy) is 1. The van der Waals surface area contributed by atoms with Crippen LogP contribution in [0.25, 0.3) is 0 Å². The van der Waals surface area contributed by atoms with E-state index in [-0.39, 0.29) is 21.4 Å². The molecule has 1 aromatic rings. The first-order valence-corrected chi connectivity index (χ1v) is 5.26. The third kappa shape index (κ3) is 2.98. The van der Waals surface area contributed by atoms with Crippen molar-refractivity contribution < 1.29 is 9.53 Å². The summed E-state index contributed by atoms with van der Waals surface area (Å²) in [6.07, 6.45) is 0. The summed E-state index contributed by atoms with van der Waals surface area (Å²) in [5.74, 6) is -0.298. The molecule has 16 heavy (non-hydrogen) atoms. The topological polar surface area (TPSA) is 64.3 Å². The number of rotatable bonds is 2. The molecule has 86 valence electrons. The van der Waals surface area contributed by atoms with E-state index in [4.69, 9.17) is 33.7 Å². The highest BCUT2D eigenvalue weighted by Gasteiger charge is 2.16. The molecular weight excluding hydrogens is 271 g/mol. The van der Waals surface area contributed by atoms with Crippen molar-refractivity contribution in [1.29, 1.82) is 0 Å². The molecular formula is C9H8Cl2N2O2S. The second kappa shape index (κ2) is 5.34. The van der Waals surface area contributed by atoms with Crippen LogP contribution in [0.3, 0.4) is 0 Å². The van der Waals surface area contributed by atoms with E-state index in [1.165, 1.54) is 19.2 Å². The number of benzene rings is 1. The molecule has 1 rings (SSSR count). The van der Waals surface area contributed by atoms with Crippen LogP contribution in [0, 0.1) is 0 Å². The van der Waals surface area contributed by atoms with Crippen LogP contribution in [-0.4, -0.2) is 18.1 Å². The molecule has 0 bridgehead atoms. The van der Waals surface area contributed by atoms with E-state index < -0.39 is 5.91 Å². The van der Waals surface area contributed by atoms with Crippen LogP contribution in [0.4, 0.5) is 0 Å². The number of amides is 1. The van der Waals surface area contributed by atoms with Crippen molar-refractivity contribution in [2.75, 3.05) is 7.11 Å². The van der Waals surface area contributed by atoms with Crippen molar-refractivity contribution in [1.82, 2.24) is 5.32 Å². The number of methoxy groups -OCH3 is 1. The number of halogens is 2. The Hall–Kier alpha value is -1.04. The van der Waals surface area contributed by atoms with Crippen LogP contribution in [0.5, 0.6) is 5.75 Å². The van der Waals surface area contributed by atoms with Gasteiger partial charge in [0.25, 0.3) is 5.91 Å². The number of nitrogens with one attached hydrogen (secondary N) is 1. The first kappa shape index (κ1) is 13.0. The zero-order valence-electron chi connectivity index (χ0n) is 8.21. The fraction of sp³-hybridized carbons (Fsp3) is 0.111. The highest BCUT2D eigenvalue weighted by molar-refractivity contribution is 7.80. The van der Waals surface area contributed by atoms with Gasteiger partial charge < -0.3 is 10.5 Å². The fourth-order valence-electron chi connectivity index (χ4n) is 1.12. The second-order valence-electron chi connectivity index (χ2n) is 2.79. The molecule has 0 saturated carbocycles. The standard InChI is InChI=1S/C9H8Cl2N2O2S/c1-15-7-5(8(14)13-9(12)16)2-4(10)3-6(7)11/h2-3H,1H3,(H3,12,13,14,16). The van der Waals surface area contributed by atoms with Crippen molar-refractivity contribution in [2.24, 2.45) is 5.73 Å². The van der Waals surface area contributed by atoms with E-state index in [0.29, 0.717) is 5.02 Å². The summed E-state index contributed by atoms with van der Waals surface area (Å²) in [5.41, 5.74) is 5.36. The molecule has 0 aromatic heterocycles. The van der Waals surface area contributed by atoms with Gasteiger partial charge in [-0.25, -0.2) is 0 Å². The second-order valence-corrected chi connectivity index (χ2v) is 4.07. The lowest BCUT2D eigenvalue weighted by atomic mass is 10.2. The zero-order valence-corrected chi connectivity index (χ0v) is 10.5. The molecule has 0 aliphatic heterocycles.